The van der Waals surface area contributed by atoms with E-state index in [1.165, 1.54) is 0 Å². The second-order valence-electron chi connectivity index (χ2n) is 3.63. The second-order valence-corrected chi connectivity index (χ2v) is 3.63. The zero-order valence-corrected chi connectivity index (χ0v) is 8.25. The Bertz CT molecular complexity index is 259. The van der Waals surface area contributed by atoms with Gasteiger partial charge < -0.3 is 10.1 Å². The first-order valence-electron chi connectivity index (χ1n) is 4.93. The molecule has 0 radical (unpaired) electrons. The molecule has 1 amide bonds. The highest BCUT2D eigenvalue weighted by atomic mass is 16.5. The highest BCUT2D eigenvalue weighted by Gasteiger charge is 2.35. The maximum atomic E-state index is 11.5. The van der Waals surface area contributed by atoms with E-state index in [2.05, 4.69) is 15.6 Å². The van der Waals surface area contributed by atoms with Crippen LogP contribution in [-0.4, -0.2) is 38.2 Å². The number of guanidine groups is 1. The van der Waals surface area contributed by atoms with Gasteiger partial charge in [0.05, 0.1) is 0 Å². The van der Waals surface area contributed by atoms with E-state index in [-0.39, 0.29) is 11.9 Å². The number of aliphatic imine (C=N–C) groups is 1. The summed E-state index contributed by atoms with van der Waals surface area (Å²) in [7, 11) is 1.66. The Kier molecular flexibility index (Phi) is 2.67. The molecule has 2 fully saturated rings. The lowest BCUT2D eigenvalue weighted by atomic mass is 9.92. The number of rotatable bonds is 1. The number of carbonyl (C=O) groups is 1. The van der Waals surface area contributed by atoms with E-state index in [9.17, 15) is 4.79 Å². The normalized spacial score (nSPS) is 31.6. The van der Waals surface area contributed by atoms with Crippen LogP contribution < -0.4 is 10.6 Å². The lowest BCUT2D eigenvalue weighted by molar-refractivity contribution is -0.122. The number of carbonyl (C=O) groups excluding carboxylic acids is 1. The number of nitrogens with zero attached hydrogens (tertiary/aromatic N) is 1. The fraction of sp³-hybridized carbons (Fsp3) is 0.778. The highest BCUT2D eigenvalue weighted by molar-refractivity contribution is 6.06. The maximum Gasteiger partial charge on any atom is 0.249 e. The summed E-state index contributed by atoms with van der Waals surface area (Å²) < 4.78 is 5.26. The average molecular weight is 197 g/mol. The molecule has 0 aromatic rings. The Balaban J connectivity index is 2.00. The van der Waals surface area contributed by atoms with Crippen molar-refractivity contribution in [3.05, 3.63) is 0 Å². The number of amides is 1. The molecule has 2 aliphatic rings. The molecule has 0 spiro atoms. The Morgan fingerprint density at radius 1 is 1.43 bits per heavy atom. The van der Waals surface area contributed by atoms with Gasteiger partial charge in [-0.3, -0.25) is 15.1 Å². The van der Waals surface area contributed by atoms with E-state index < -0.39 is 0 Å². The molecule has 2 rings (SSSR count). The Morgan fingerprint density at radius 2 is 2.14 bits per heavy atom. The van der Waals surface area contributed by atoms with E-state index in [0.717, 1.165) is 26.1 Å². The molecule has 2 N–H and O–H groups in total. The van der Waals surface area contributed by atoms with Crippen LogP contribution in [0.5, 0.6) is 0 Å². The van der Waals surface area contributed by atoms with Crippen LogP contribution in [0.25, 0.3) is 0 Å². The van der Waals surface area contributed by atoms with Crippen LogP contribution >= 0.6 is 0 Å². The summed E-state index contributed by atoms with van der Waals surface area (Å²) in [5, 5.41) is 5.80. The van der Waals surface area contributed by atoms with Gasteiger partial charge in [-0.2, -0.15) is 0 Å². The van der Waals surface area contributed by atoms with Crippen molar-refractivity contribution >= 4 is 11.9 Å². The second kappa shape index (κ2) is 3.96. The summed E-state index contributed by atoms with van der Waals surface area (Å²) >= 11 is 0. The van der Waals surface area contributed by atoms with E-state index >= 15 is 0 Å². The first kappa shape index (κ1) is 9.45. The highest BCUT2D eigenvalue weighted by Crippen LogP contribution is 2.20. The number of nitrogens with one attached hydrogen (secondary N) is 2. The van der Waals surface area contributed by atoms with E-state index in [1.807, 2.05) is 0 Å². The van der Waals surface area contributed by atoms with Gasteiger partial charge in [0.1, 0.15) is 6.04 Å². The van der Waals surface area contributed by atoms with E-state index in [1.54, 1.807) is 7.05 Å². The molecule has 0 aromatic heterocycles. The Labute approximate surface area is 82.9 Å². The molecule has 78 valence electrons. The lowest BCUT2D eigenvalue weighted by Gasteiger charge is -2.25. The van der Waals surface area contributed by atoms with Gasteiger partial charge in [-0.1, -0.05) is 0 Å². The summed E-state index contributed by atoms with van der Waals surface area (Å²) in [4.78, 5) is 15.5. The summed E-state index contributed by atoms with van der Waals surface area (Å²) in [5.74, 6) is 1.01. The molecule has 5 heteroatoms. The number of hydrogen-bond acceptors (Lipinski definition) is 3. The van der Waals surface area contributed by atoms with Crippen LogP contribution in [0, 0.1) is 5.92 Å². The molecule has 0 bridgehead atoms. The molecule has 0 saturated carbocycles. The minimum absolute atomic E-state index is 0.0394. The van der Waals surface area contributed by atoms with Gasteiger partial charge in [0.25, 0.3) is 0 Å². The predicted molar refractivity (Wildman–Crippen MR) is 52.0 cm³/mol. The summed E-state index contributed by atoms with van der Waals surface area (Å²) in [6.45, 7) is 1.52. The summed E-state index contributed by atoms with van der Waals surface area (Å²) in [5.41, 5.74) is 0. The first-order valence-corrected chi connectivity index (χ1v) is 4.93. The fourth-order valence-electron chi connectivity index (χ4n) is 1.94. The van der Waals surface area contributed by atoms with Crippen molar-refractivity contribution in [2.45, 2.75) is 18.9 Å². The van der Waals surface area contributed by atoms with Gasteiger partial charge in [0, 0.05) is 20.3 Å². The lowest BCUT2D eigenvalue weighted by Crippen LogP contribution is -2.39. The van der Waals surface area contributed by atoms with E-state index in [4.69, 9.17) is 4.74 Å². The number of ether oxygens (including phenoxy) is 1. The standard InChI is InChI=1S/C9H15N3O2/c1-10-9-11-7(8(13)12-9)6-2-4-14-5-3-6/h6-7H,2-5H2,1H3,(H2,10,11,12,13). The first-order chi connectivity index (χ1) is 6.81. The molecular formula is C9H15N3O2. The summed E-state index contributed by atoms with van der Waals surface area (Å²) in [6, 6.07) is -0.113. The SMILES string of the molecule is CN=C1NC(=O)C(C2CCOCC2)N1. The van der Waals surface area contributed by atoms with Crippen LogP contribution in [0.3, 0.4) is 0 Å². The molecule has 0 aromatic carbocycles. The van der Waals surface area contributed by atoms with Crippen LogP contribution in [0.15, 0.2) is 4.99 Å². The van der Waals surface area contributed by atoms with Gasteiger partial charge in [0.2, 0.25) is 5.91 Å². The van der Waals surface area contributed by atoms with Crippen LogP contribution in [0.1, 0.15) is 12.8 Å². The molecule has 1 unspecified atom stereocenters. The van der Waals surface area contributed by atoms with Gasteiger partial charge in [-0.05, 0) is 18.8 Å². The minimum atomic E-state index is -0.113. The van der Waals surface area contributed by atoms with Crippen molar-refractivity contribution < 1.29 is 9.53 Å². The largest absolute Gasteiger partial charge is 0.381 e. The van der Waals surface area contributed by atoms with Crippen molar-refractivity contribution in [2.24, 2.45) is 10.9 Å². The monoisotopic (exact) mass is 197 g/mol. The third kappa shape index (κ3) is 1.72. The molecule has 5 nitrogen and oxygen atoms in total. The molecular weight excluding hydrogens is 182 g/mol. The fourth-order valence-corrected chi connectivity index (χ4v) is 1.94. The van der Waals surface area contributed by atoms with E-state index in [0.29, 0.717) is 11.9 Å². The van der Waals surface area contributed by atoms with Crippen molar-refractivity contribution in [1.82, 2.24) is 10.6 Å². The average Bonchev–Trinajstić information content (AvgIpc) is 2.61. The molecule has 0 aliphatic carbocycles. The topological polar surface area (TPSA) is 62.7 Å². The third-order valence-electron chi connectivity index (χ3n) is 2.78. The maximum absolute atomic E-state index is 11.5. The van der Waals surface area contributed by atoms with Crippen LogP contribution in [-0.2, 0) is 9.53 Å². The minimum Gasteiger partial charge on any atom is -0.381 e. The van der Waals surface area contributed by atoms with Crippen molar-refractivity contribution in [3.8, 4) is 0 Å². The summed E-state index contributed by atoms with van der Waals surface area (Å²) in [6.07, 6.45) is 1.89. The molecule has 14 heavy (non-hydrogen) atoms. The predicted octanol–water partition coefficient (Wildman–Crippen LogP) is -0.513. The van der Waals surface area contributed by atoms with Crippen LogP contribution in [0.4, 0.5) is 0 Å². The Hall–Kier alpha value is -1.10. The van der Waals surface area contributed by atoms with Crippen molar-refractivity contribution in [1.29, 1.82) is 0 Å². The van der Waals surface area contributed by atoms with Gasteiger partial charge >= 0.3 is 0 Å². The quantitative estimate of drug-likeness (QED) is 0.595. The molecule has 1 atom stereocenters. The number of hydrogen-bond donors (Lipinski definition) is 2. The zero-order valence-electron chi connectivity index (χ0n) is 8.25. The smallest absolute Gasteiger partial charge is 0.249 e. The molecule has 2 saturated heterocycles. The van der Waals surface area contributed by atoms with Gasteiger partial charge in [-0.15, -0.1) is 0 Å². The van der Waals surface area contributed by atoms with Gasteiger partial charge in [-0.25, -0.2) is 0 Å². The zero-order chi connectivity index (χ0) is 9.97. The third-order valence-corrected chi connectivity index (χ3v) is 2.78. The molecule has 2 heterocycles. The van der Waals surface area contributed by atoms with Gasteiger partial charge in [0.15, 0.2) is 5.96 Å². The van der Waals surface area contributed by atoms with Crippen molar-refractivity contribution in [2.75, 3.05) is 20.3 Å². The van der Waals surface area contributed by atoms with Crippen LogP contribution in [0.2, 0.25) is 0 Å². The Morgan fingerprint density at radius 3 is 2.71 bits per heavy atom. The van der Waals surface area contributed by atoms with Crippen molar-refractivity contribution in [3.63, 3.8) is 0 Å². The molecule has 2 aliphatic heterocycles.